The molecule has 0 aliphatic heterocycles. The molecule has 1 aromatic heterocycles. The maximum Gasteiger partial charge on any atom is 0.270 e. The quantitative estimate of drug-likeness (QED) is 0.573. The number of rotatable bonds is 3. The molecule has 1 heterocycles. The standard InChI is InChI=1S/C15H12N4O3/c1-9-5-6-12-13(7-9)17-15(16-12)18-14(20)10-3-2-4-11(8-10)19(21)22/h2-8H,1H3,(H2,16,17,18,20). The third-order valence-corrected chi connectivity index (χ3v) is 3.19. The second kappa shape index (κ2) is 5.28. The highest BCUT2D eigenvalue weighted by atomic mass is 16.6. The fraction of sp³-hybridized carbons (Fsp3) is 0.0667. The molecule has 22 heavy (non-hydrogen) atoms. The summed E-state index contributed by atoms with van der Waals surface area (Å²) in [7, 11) is 0. The maximum absolute atomic E-state index is 12.1. The number of aryl methyl sites for hydroxylation is 1. The number of amides is 1. The topological polar surface area (TPSA) is 101 Å². The molecule has 7 nitrogen and oxygen atoms in total. The van der Waals surface area contributed by atoms with E-state index in [2.05, 4.69) is 15.3 Å². The van der Waals surface area contributed by atoms with Gasteiger partial charge < -0.3 is 4.98 Å². The zero-order chi connectivity index (χ0) is 15.7. The predicted octanol–water partition coefficient (Wildman–Crippen LogP) is 3.03. The van der Waals surface area contributed by atoms with E-state index in [1.807, 2.05) is 25.1 Å². The summed E-state index contributed by atoms with van der Waals surface area (Å²) in [5.41, 5.74) is 2.70. The molecule has 3 rings (SSSR count). The van der Waals surface area contributed by atoms with Crippen molar-refractivity contribution >= 4 is 28.6 Å². The molecule has 0 bridgehead atoms. The van der Waals surface area contributed by atoms with Crippen molar-refractivity contribution in [3.63, 3.8) is 0 Å². The van der Waals surface area contributed by atoms with E-state index in [0.29, 0.717) is 5.95 Å². The SMILES string of the molecule is Cc1ccc2nc(NC(=O)c3cccc([N+](=O)[O-])c3)[nH]c2c1. The van der Waals surface area contributed by atoms with Crippen LogP contribution in [0.5, 0.6) is 0 Å². The third kappa shape index (κ3) is 2.64. The van der Waals surface area contributed by atoms with Crippen LogP contribution in [0.1, 0.15) is 15.9 Å². The summed E-state index contributed by atoms with van der Waals surface area (Å²) in [6.45, 7) is 1.96. The Hall–Kier alpha value is -3.22. The van der Waals surface area contributed by atoms with Gasteiger partial charge >= 0.3 is 0 Å². The number of nitrogens with one attached hydrogen (secondary N) is 2. The van der Waals surface area contributed by atoms with Crippen LogP contribution in [-0.4, -0.2) is 20.8 Å². The summed E-state index contributed by atoms with van der Waals surface area (Å²) in [5.74, 6) is -0.156. The summed E-state index contributed by atoms with van der Waals surface area (Å²) in [6.07, 6.45) is 0. The first kappa shape index (κ1) is 13.7. The van der Waals surface area contributed by atoms with Crippen LogP contribution < -0.4 is 5.32 Å². The normalized spacial score (nSPS) is 10.6. The molecule has 0 aliphatic rings. The van der Waals surface area contributed by atoms with E-state index >= 15 is 0 Å². The number of non-ortho nitro benzene ring substituents is 1. The molecule has 0 spiro atoms. The van der Waals surface area contributed by atoms with Gasteiger partial charge in [-0.3, -0.25) is 20.2 Å². The minimum Gasteiger partial charge on any atom is -0.324 e. The monoisotopic (exact) mass is 296 g/mol. The molecule has 2 aromatic carbocycles. The molecule has 0 atom stereocenters. The molecule has 110 valence electrons. The minimum atomic E-state index is -0.541. The zero-order valence-corrected chi connectivity index (χ0v) is 11.7. The number of carbonyl (C=O) groups is 1. The van der Waals surface area contributed by atoms with Crippen molar-refractivity contribution in [2.24, 2.45) is 0 Å². The lowest BCUT2D eigenvalue weighted by molar-refractivity contribution is -0.384. The Labute approximate surface area is 125 Å². The number of imidazole rings is 1. The van der Waals surface area contributed by atoms with Gasteiger partial charge in [-0.1, -0.05) is 12.1 Å². The van der Waals surface area contributed by atoms with Crippen LogP contribution >= 0.6 is 0 Å². The van der Waals surface area contributed by atoms with Crippen LogP contribution in [0.4, 0.5) is 11.6 Å². The fourth-order valence-corrected chi connectivity index (χ4v) is 2.12. The van der Waals surface area contributed by atoms with Crippen LogP contribution in [0.25, 0.3) is 11.0 Å². The van der Waals surface area contributed by atoms with Crippen molar-refractivity contribution in [3.05, 3.63) is 63.7 Å². The molecular formula is C15H12N4O3. The Kier molecular flexibility index (Phi) is 3.30. The molecule has 2 N–H and O–H groups in total. The van der Waals surface area contributed by atoms with Gasteiger partial charge in [-0.15, -0.1) is 0 Å². The number of anilines is 1. The average Bonchev–Trinajstić information content (AvgIpc) is 2.88. The molecular weight excluding hydrogens is 284 g/mol. The summed E-state index contributed by atoms with van der Waals surface area (Å²) in [5, 5.41) is 13.3. The lowest BCUT2D eigenvalue weighted by Crippen LogP contribution is -2.13. The van der Waals surface area contributed by atoms with E-state index in [4.69, 9.17) is 0 Å². The molecule has 0 saturated heterocycles. The van der Waals surface area contributed by atoms with Crippen LogP contribution in [0, 0.1) is 17.0 Å². The van der Waals surface area contributed by atoms with Gasteiger partial charge in [0, 0.05) is 17.7 Å². The van der Waals surface area contributed by atoms with Gasteiger partial charge in [0.05, 0.1) is 16.0 Å². The number of nitrogens with zero attached hydrogens (tertiary/aromatic N) is 2. The van der Waals surface area contributed by atoms with Crippen molar-refractivity contribution in [1.29, 1.82) is 0 Å². The number of benzene rings is 2. The van der Waals surface area contributed by atoms with Crippen LogP contribution in [-0.2, 0) is 0 Å². The van der Waals surface area contributed by atoms with E-state index in [9.17, 15) is 14.9 Å². The highest BCUT2D eigenvalue weighted by molar-refractivity contribution is 6.04. The number of hydrogen-bond donors (Lipinski definition) is 2. The number of aromatic nitrogens is 2. The van der Waals surface area contributed by atoms with Gasteiger partial charge in [-0.05, 0) is 30.7 Å². The summed E-state index contributed by atoms with van der Waals surface area (Å²) >= 11 is 0. The summed E-state index contributed by atoms with van der Waals surface area (Å²) < 4.78 is 0. The summed E-state index contributed by atoms with van der Waals surface area (Å²) in [6, 6.07) is 11.2. The van der Waals surface area contributed by atoms with E-state index in [1.165, 1.54) is 24.3 Å². The fourth-order valence-electron chi connectivity index (χ4n) is 2.12. The van der Waals surface area contributed by atoms with E-state index in [0.717, 1.165) is 16.6 Å². The van der Waals surface area contributed by atoms with Gasteiger partial charge in [0.15, 0.2) is 0 Å². The van der Waals surface area contributed by atoms with Crippen molar-refractivity contribution in [1.82, 2.24) is 9.97 Å². The Morgan fingerprint density at radius 2 is 2.09 bits per heavy atom. The Morgan fingerprint density at radius 1 is 1.27 bits per heavy atom. The first-order valence-corrected chi connectivity index (χ1v) is 6.55. The number of hydrogen-bond acceptors (Lipinski definition) is 4. The van der Waals surface area contributed by atoms with Crippen molar-refractivity contribution in [3.8, 4) is 0 Å². The third-order valence-electron chi connectivity index (χ3n) is 3.19. The first-order chi connectivity index (χ1) is 10.5. The number of nitro benzene ring substituents is 1. The Balaban J connectivity index is 1.86. The number of fused-ring (bicyclic) bond motifs is 1. The molecule has 3 aromatic rings. The van der Waals surface area contributed by atoms with Crippen LogP contribution in [0.3, 0.4) is 0 Å². The molecule has 0 aliphatic carbocycles. The van der Waals surface area contributed by atoms with Gasteiger partial charge in [0.2, 0.25) is 5.95 Å². The maximum atomic E-state index is 12.1. The second-order valence-electron chi connectivity index (χ2n) is 4.87. The molecule has 1 amide bonds. The van der Waals surface area contributed by atoms with Crippen molar-refractivity contribution < 1.29 is 9.72 Å². The predicted molar refractivity (Wildman–Crippen MR) is 81.9 cm³/mol. The molecule has 7 heteroatoms. The van der Waals surface area contributed by atoms with Crippen LogP contribution in [0.15, 0.2) is 42.5 Å². The van der Waals surface area contributed by atoms with E-state index < -0.39 is 10.8 Å². The highest BCUT2D eigenvalue weighted by Crippen LogP contribution is 2.17. The Morgan fingerprint density at radius 3 is 2.86 bits per heavy atom. The van der Waals surface area contributed by atoms with Crippen LogP contribution in [0.2, 0.25) is 0 Å². The lowest BCUT2D eigenvalue weighted by atomic mass is 10.2. The summed E-state index contributed by atoms with van der Waals surface area (Å²) in [4.78, 5) is 29.6. The van der Waals surface area contributed by atoms with E-state index in [1.54, 1.807) is 0 Å². The van der Waals surface area contributed by atoms with E-state index in [-0.39, 0.29) is 11.3 Å². The van der Waals surface area contributed by atoms with Crippen molar-refractivity contribution in [2.45, 2.75) is 6.92 Å². The average molecular weight is 296 g/mol. The van der Waals surface area contributed by atoms with Gasteiger partial charge in [-0.2, -0.15) is 0 Å². The number of nitro groups is 1. The lowest BCUT2D eigenvalue weighted by Gasteiger charge is -2.01. The van der Waals surface area contributed by atoms with Gasteiger partial charge in [-0.25, -0.2) is 4.98 Å². The minimum absolute atomic E-state index is 0.132. The molecule has 0 fully saturated rings. The number of aromatic amines is 1. The van der Waals surface area contributed by atoms with Crippen molar-refractivity contribution in [2.75, 3.05) is 5.32 Å². The molecule has 0 saturated carbocycles. The number of carbonyl (C=O) groups excluding carboxylic acids is 1. The zero-order valence-electron chi connectivity index (χ0n) is 11.7. The number of H-pyrrole nitrogens is 1. The Bertz CT molecular complexity index is 885. The van der Waals surface area contributed by atoms with Gasteiger partial charge in [0.1, 0.15) is 0 Å². The second-order valence-corrected chi connectivity index (χ2v) is 4.87. The van der Waals surface area contributed by atoms with Gasteiger partial charge in [0.25, 0.3) is 11.6 Å². The smallest absolute Gasteiger partial charge is 0.270 e. The molecule has 0 unspecified atom stereocenters. The molecule has 0 radical (unpaired) electrons. The highest BCUT2D eigenvalue weighted by Gasteiger charge is 2.13. The largest absolute Gasteiger partial charge is 0.324 e. The first-order valence-electron chi connectivity index (χ1n) is 6.55.